The van der Waals surface area contributed by atoms with Crippen LogP contribution in [0.3, 0.4) is 0 Å². The van der Waals surface area contributed by atoms with Gasteiger partial charge in [-0.1, -0.05) is 37.3 Å². The van der Waals surface area contributed by atoms with Crippen molar-refractivity contribution < 1.29 is 9.59 Å². The van der Waals surface area contributed by atoms with Crippen LogP contribution in [-0.2, 0) is 13.0 Å². The lowest BCUT2D eigenvalue weighted by molar-refractivity contribution is 0.0950. The maximum Gasteiger partial charge on any atom is 0.316 e. The van der Waals surface area contributed by atoms with Crippen LogP contribution in [0.1, 0.15) is 28.5 Å². The van der Waals surface area contributed by atoms with E-state index < -0.39 is 6.03 Å². The van der Waals surface area contributed by atoms with E-state index in [2.05, 4.69) is 15.7 Å². The summed E-state index contributed by atoms with van der Waals surface area (Å²) in [5.74, 6) is -0.173. The molecule has 7 heteroatoms. The molecule has 0 radical (unpaired) electrons. The number of carbonyl (C=O) groups excluding carboxylic acids is 2. The summed E-state index contributed by atoms with van der Waals surface area (Å²) >= 11 is 0. The summed E-state index contributed by atoms with van der Waals surface area (Å²) in [6.07, 6.45) is 2.28. The normalized spacial score (nSPS) is 10.4. The van der Waals surface area contributed by atoms with E-state index in [1.807, 2.05) is 49.4 Å². The topological polar surface area (TPSA) is 102 Å². The van der Waals surface area contributed by atoms with Gasteiger partial charge in [-0.3, -0.25) is 4.79 Å². The predicted molar refractivity (Wildman–Crippen MR) is 104 cm³/mol. The Morgan fingerprint density at radius 1 is 1.07 bits per heavy atom. The van der Waals surface area contributed by atoms with Crippen LogP contribution in [0.5, 0.6) is 0 Å². The molecule has 0 unspecified atom stereocenters. The molecule has 0 fully saturated rings. The van der Waals surface area contributed by atoms with Crippen LogP contribution in [0.25, 0.3) is 5.69 Å². The number of nitrogens with zero attached hydrogens (tertiary/aromatic N) is 2. The molecule has 4 N–H and O–H groups in total. The minimum Gasteiger partial charge on any atom is -0.351 e. The maximum atomic E-state index is 12.6. The molecule has 2 aromatic carbocycles. The predicted octanol–water partition coefficient (Wildman–Crippen LogP) is 2.86. The average molecular weight is 363 g/mol. The van der Waals surface area contributed by atoms with Gasteiger partial charge in [0.1, 0.15) is 0 Å². The van der Waals surface area contributed by atoms with E-state index in [9.17, 15) is 9.59 Å². The van der Waals surface area contributed by atoms with Gasteiger partial charge in [-0.05, 0) is 36.2 Å². The van der Waals surface area contributed by atoms with Crippen LogP contribution in [0, 0.1) is 0 Å². The first-order valence-corrected chi connectivity index (χ1v) is 8.64. The number of amides is 3. The van der Waals surface area contributed by atoms with E-state index in [0.717, 1.165) is 16.9 Å². The summed E-state index contributed by atoms with van der Waals surface area (Å²) in [6, 6.07) is 16.2. The van der Waals surface area contributed by atoms with E-state index in [0.29, 0.717) is 24.2 Å². The van der Waals surface area contributed by atoms with Crippen LogP contribution in [0.4, 0.5) is 10.5 Å². The van der Waals surface area contributed by atoms with Gasteiger partial charge in [-0.15, -0.1) is 0 Å². The molecular weight excluding hydrogens is 342 g/mol. The number of urea groups is 1. The highest BCUT2D eigenvalue weighted by Crippen LogP contribution is 2.16. The molecule has 3 aromatic rings. The smallest absolute Gasteiger partial charge is 0.316 e. The fourth-order valence-electron chi connectivity index (χ4n) is 2.82. The Labute approximate surface area is 157 Å². The van der Waals surface area contributed by atoms with Crippen molar-refractivity contribution in [3.8, 4) is 5.69 Å². The lowest BCUT2D eigenvalue weighted by Gasteiger charge is -2.09. The molecule has 1 aromatic heterocycles. The molecule has 0 spiro atoms. The Morgan fingerprint density at radius 2 is 1.78 bits per heavy atom. The standard InChI is InChI=1S/C20H21N5O2/c1-2-18-17(13-23-25(18)16-6-4-3-5-7-16)19(26)22-12-14-8-10-15(11-9-14)24-20(21)27/h3-11,13H,2,12H2,1H3,(H,22,26)(H3,21,24,27). The van der Waals surface area contributed by atoms with Gasteiger partial charge in [0, 0.05) is 12.2 Å². The fourth-order valence-corrected chi connectivity index (χ4v) is 2.82. The number of benzene rings is 2. The number of anilines is 1. The third-order valence-corrected chi connectivity index (χ3v) is 4.12. The molecule has 0 atom stereocenters. The molecular formula is C20H21N5O2. The molecule has 0 aliphatic carbocycles. The van der Waals surface area contributed by atoms with Gasteiger partial charge in [0.05, 0.1) is 23.1 Å². The van der Waals surface area contributed by atoms with Crippen molar-refractivity contribution in [2.45, 2.75) is 19.9 Å². The van der Waals surface area contributed by atoms with E-state index in [1.165, 1.54) is 0 Å². The molecule has 0 saturated heterocycles. The highest BCUT2D eigenvalue weighted by Gasteiger charge is 2.16. The van der Waals surface area contributed by atoms with Gasteiger partial charge in [0.25, 0.3) is 5.91 Å². The lowest BCUT2D eigenvalue weighted by atomic mass is 10.1. The number of rotatable bonds is 6. The molecule has 3 rings (SSSR count). The van der Waals surface area contributed by atoms with Gasteiger partial charge in [0.15, 0.2) is 0 Å². The van der Waals surface area contributed by atoms with Crippen molar-refractivity contribution in [3.05, 3.63) is 77.6 Å². The van der Waals surface area contributed by atoms with E-state index in [1.54, 1.807) is 23.0 Å². The molecule has 0 bridgehead atoms. The van der Waals surface area contributed by atoms with Crippen LogP contribution >= 0.6 is 0 Å². The third kappa shape index (κ3) is 4.33. The Balaban J connectivity index is 1.70. The Kier molecular flexibility index (Phi) is 5.51. The van der Waals surface area contributed by atoms with Crippen molar-refractivity contribution in [2.75, 3.05) is 5.32 Å². The third-order valence-electron chi connectivity index (χ3n) is 4.12. The number of hydrogen-bond donors (Lipinski definition) is 3. The number of primary amides is 1. The molecule has 1 heterocycles. The average Bonchev–Trinajstić information content (AvgIpc) is 3.11. The number of nitrogens with two attached hydrogens (primary N) is 1. The minimum absolute atomic E-state index is 0.173. The Bertz CT molecular complexity index is 933. The first kappa shape index (κ1) is 18.2. The Hall–Kier alpha value is -3.61. The van der Waals surface area contributed by atoms with E-state index in [-0.39, 0.29) is 5.91 Å². The van der Waals surface area contributed by atoms with Crippen LogP contribution in [-0.4, -0.2) is 21.7 Å². The molecule has 3 amide bonds. The quantitative estimate of drug-likeness (QED) is 0.627. The van der Waals surface area contributed by atoms with Gasteiger partial charge < -0.3 is 16.4 Å². The summed E-state index contributed by atoms with van der Waals surface area (Å²) in [5, 5.41) is 9.78. The first-order valence-electron chi connectivity index (χ1n) is 8.64. The monoisotopic (exact) mass is 363 g/mol. The Morgan fingerprint density at radius 3 is 2.41 bits per heavy atom. The molecule has 0 saturated carbocycles. The largest absolute Gasteiger partial charge is 0.351 e. The molecule has 27 heavy (non-hydrogen) atoms. The van der Waals surface area contributed by atoms with Gasteiger partial charge in [0.2, 0.25) is 0 Å². The number of nitrogens with one attached hydrogen (secondary N) is 2. The molecule has 0 aliphatic heterocycles. The summed E-state index contributed by atoms with van der Waals surface area (Å²) < 4.78 is 1.79. The van der Waals surface area contributed by atoms with Gasteiger partial charge in [-0.25, -0.2) is 9.48 Å². The van der Waals surface area contributed by atoms with Gasteiger partial charge in [-0.2, -0.15) is 5.10 Å². The number of aromatic nitrogens is 2. The van der Waals surface area contributed by atoms with E-state index in [4.69, 9.17) is 5.73 Å². The van der Waals surface area contributed by atoms with Crippen molar-refractivity contribution >= 4 is 17.6 Å². The summed E-state index contributed by atoms with van der Waals surface area (Å²) in [4.78, 5) is 23.5. The summed E-state index contributed by atoms with van der Waals surface area (Å²) in [6.45, 7) is 2.37. The van der Waals surface area contributed by atoms with Crippen molar-refractivity contribution in [3.63, 3.8) is 0 Å². The molecule has 0 aliphatic rings. The first-order chi connectivity index (χ1) is 13.1. The second-order valence-electron chi connectivity index (χ2n) is 5.97. The second kappa shape index (κ2) is 8.18. The fraction of sp³-hybridized carbons (Fsp3) is 0.150. The zero-order chi connectivity index (χ0) is 19.2. The van der Waals surface area contributed by atoms with Gasteiger partial charge >= 0.3 is 6.03 Å². The zero-order valence-corrected chi connectivity index (χ0v) is 15.0. The summed E-state index contributed by atoms with van der Waals surface area (Å²) in [7, 11) is 0. The van der Waals surface area contributed by atoms with Crippen molar-refractivity contribution in [1.29, 1.82) is 0 Å². The van der Waals surface area contributed by atoms with Crippen LogP contribution in [0.2, 0.25) is 0 Å². The van der Waals surface area contributed by atoms with Crippen LogP contribution < -0.4 is 16.4 Å². The number of carbonyl (C=O) groups is 2. The molecule has 7 nitrogen and oxygen atoms in total. The lowest BCUT2D eigenvalue weighted by Crippen LogP contribution is -2.24. The number of para-hydroxylation sites is 1. The van der Waals surface area contributed by atoms with E-state index >= 15 is 0 Å². The van der Waals surface area contributed by atoms with Crippen LogP contribution in [0.15, 0.2) is 60.8 Å². The second-order valence-corrected chi connectivity index (χ2v) is 5.97. The highest BCUT2D eigenvalue weighted by molar-refractivity contribution is 5.95. The minimum atomic E-state index is -0.612. The maximum absolute atomic E-state index is 12.6. The zero-order valence-electron chi connectivity index (χ0n) is 15.0. The highest BCUT2D eigenvalue weighted by atomic mass is 16.2. The van der Waals surface area contributed by atoms with Crippen molar-refractivity contribution in [1.82, 2.24) is 15.1 Å². The SMILES string of the molecule is CCc1c(C(=O)NCc2ccc(NC(N)=O)cc2)cnn1-c1ccccc1. The van der Waals surface area contributed by atoms with Crippen molar-refractivity contribution in [2.24, 2.45) is 5.73 Å². The summed E-state index contributed by atoms with van der Waals surface area (Å²) in [5.41, 5.74) is 8.94. The molecule has 138 valence electrons. The number of hydrogen-bond acceptors (Lipinski definition) is 3.